The van der Waals surface area contributed by atoms with Gasteiger partial charge in [0.15, 0.2) is 0 Å². The average molecular weight is 347 g/mol. The van der Waals surface area contributed by atoms with Crippen LogP contribution in [-0.2, 0) is 16.0 Å². The highest BCUT2D eigenvalue weighted by Crippen LogP contribution is 2.33. The maximum absolute atomic E-state index is 13.1. The number of nitrogens with one attached hydrogen (secondary N) is 1. The molecule has 7 heteroatoms. The van der Waals surface area contributed by atoms with Gasteiger partial charge in [0.05, 0.1) is 6.61 Å². The Labute approximate surface area is 145 Å². The fourth-order valence-corrected chi connectivity index (χ4v) is 3.56. The molecule has 25 heavy (non-hydrogen) atoms. The van der Waals surface area contributed by atoms with E-state index >= 15 is 0 Å². The molecule has 0 saturated carbocycles. The van der Waals surface area contributed by atoms with Crippen LogP contribution in [0.2, 0.25) is 0 Å². The number of carbonyl (C=O) groups is 2. The van der Waals surface area contributed by atoms with Gasteiger partial charge in [-0.05, 0) is 37.0 Å². The molecule has 1 aromatic carbocycles. The van der Waals surface area contributed by atoms with Crippen LogP contribution in [0.15, 0.2) is 29.4 Å². The Balaban J connectivity index is 1.72. The van der Waals surface area contributed by atoms with Gasteiger partial charge in [-0.15, -0.1) is 0 Å². The number of piperidine rings is 1. The van der Waals surface area contributed by atoms with E-state index in [-0.39, 0.29) is 30.7 Å². The van der Waals surface area contributed by atoms with Gasteiger partial charge in [-0.3, -0.25) is 9.59 Å². The predicted molar refractivity (Wildman–Crippen MR) is 90.2 cm³/mol. The van der Waals surface area contributed by atoms with Crippen LogP contribution in [0.1, 0.15) is 31.2 Å². The number of likely N-dealkylation sites (tertiary alicyclic amines) is 1. The number of hydrogen-bond donors (Lipinski definition) is 2. The van der Waals surface area contributed by atoms with Crippen molar-refractivity contribution in [2.24, 2.45) is 10.5 Å². The maximum Gasteiger partial charge on any atom is 0.270 e. The lowest BCUT2D eigenvalue weighted by atomic mass is 9.75. The first-order chi connectivity index (χ1) is 12.0. The largest absolute Gasteiger partial charge is 0.396 e. The van der Waals surface area contributed by atoms with Crippen LogP contribution >= 0.6 is 0 Å². The summed E-state index contributed by atoms with van der Waals surface area (Å²) in [7, 11) is 0. The highest BCUT2D eigenvalue weighted by molar-refractivity contribution is 6.39. The molecule has 3 rings (SSSR count). The van der Waals surface area contributed by atoms with Gasteiger partial charge in [-0.1, -0.05) is 12.1 Å². The first-order valence-electron chi connectivity index (χ1n) is 8.51. The van der Waals surface area contributed by atoms with E-state index in [1.165, 1.54) is 12.1 Å². The number of nitrogens with zero attached hydrogens (tertiary/aromatic N) is 2. The number of amides is 2. The number of aliphatic hydroxyl groups is 1. The molecule has 0 spiro atoms. The summed E-state index contributed by atoms with van der Waals surface area (Å²) in [5.41, 5.74) is 3.20. The second kappa shape index (κ2) is 7.31. The standard InChI is InChI=1S/C18H22FN3O3/c19-14-4-2-13(3-5-14)10-18(12-23)8-1-9-22(11-18)17(25)15-6-7-16(24)21-20-15/h2-5,23H,1,6-12H2,(H,21,24). The first-order valence-corrected chi connectivity index (χ1v) is 8.51. The van der Waals surface area contributed by atoms with E-state index in [9.17, 15) is 19.1 Å². The van der Waals surface area contributed by atoms with Crippen LogP contribution < -0.4 is 5.43 Å². The molecule has 2 heterocycles. The first kappa shape index (κ1) is 17.5. The lowest BCUT2D eigenvalue weighted by molar-refractivity contribution is -0.128. The van der Waals surface area contributed by atoms with Crippen molar-refractivity contribution in [2.75, 3.05) is 19.7 Å². The van der Waals surface area contributed by atoms with Crippen molar-refractivity contribution in [2.45, 2.75) is 32.1 Å². The van der Waals surface area contributed by atoms with E-state index in [1.54, 1.807) is 17.0 Å². The zero-order valence-corrected chi connectivity index (χ0v) is 14.0. The number of aliphatic hydroxyl groups excluding tert-OH is 1. The van der Waals surface area contributed by atoms with Gasteiger partial charge in [-0.25, -0.2) is 9.82 Å². The van der Waals surface area contributed by atoms with Gasteiger partial charge in [0.2, 0.25) is 5.91 Å². The fraction of sp³-hybridized carbons (Fsp3) is 0.500. The molecule has 2 aliphatic heterocycles. The Morgan fingerprint density at radius 3 is 2.72 bits per heavy atom. The molecule has 1 saturated heterocycles. The average Bonchev–Trinajstić information content (AvgIpc) is 2.64. The van der Waals surface area contributed by atoms with Crippen LogP contribution in [0.25, 0.3) is 0 Å². The number of benzene rings is 1. The third kappa shape index (κ3) is 4.04. The molecule has 1 fully saturated rings. The third-order valence-electron chi connectivity index (χ3n) is 4.93. The van der Waals surface area contributed by atoms with E-state index in [0.717, 1.165) is 18.4 Å². The van der Waals surface area contributed by atoms with Crippen molar-refractivity contribution in [3.63, 3.8) is 0 Å². The summed E-state index contributed by atoms with van der Waals surface area (Å²) in [5.74, 6) is -0.660. The quantitative estimate of drug-likeness (QED) is 0.860. The molecule has 1 aromatic rings. The van der Waals surface area contributed by atoms with Gasteiger partial charge in [0.25, 0.3) is 5.91 Å². The van der Waals surface area contributed by atoms with Gasteiger partial charge < -0.3 is 10.0 Å². The van der Waals surface area contributed by atoms with Crippen molar-refractivity contribution in [1.82, 2.24) is 10.3 Å². The van der Waals surface area contributed by atoms with Gasteiger partial charge in [-0.2, -0.15) is 5.10 Å². The highest BCUT2D eigenvalue weighted by atomic mass is 19.1. The summed E-state index contributed by atoms with van der Waals surface area (Å²) in [6, 6.07) is 6.25. The van der Waals surface area contributed by atoms with Crippen LogP contribution in [0.3, 0.4) is 0 Å². The smallest absolute Gasteiger partial charge is 0.270 e. The molecular weight excluding hydrogens is 325 g/mol. The molecule has 2 N–H and O–H groups in total. The minimum atomic E-state index is -0.440. The van der Waals surface area contributed by atoms with Gasteiger partial charge in [0, 0.05) is 31.3 Å². The van der Waals surface area contributed by atoms with Crippen LogP contribution in [0.5, 0.6) is 0 Å². The van der Waals surface area contributed by atoms with Crippen molar-refractivity contribution in [3.05, 3.63) is 35.6 Å². The Bertz CT molecular complexity index is 689. The number of hydrogen-bond acceptors (Lipinski definition) is 4. The molecule has 2 aliphatic rings. The lowest BCUT2D eigenvalue weighted by Gasteiger charge is -2.42. The molecule has 0 radical (unpaired) electrons. The summed E-state index contributed by atoms with van der Waals surface area (Å²) in [4.78, 5) is 25.6. The molecule has 6 nitrogen and oxygen atoms in total. The third-order valence-corrected chi connectivity index (χ3v) is 4.93. The lowest BCUT2D eigenvalue weighted by Crippen LogP contribution is -2.51. The molecule has 1 atom stereocenters. The Morgan fingerprint density at radius 1 is 1.32 bits per heavy atom. The molecule has 2 amide bonds. The summed E-state index contributed by atoms with van der Waals surface area (Å²) in [6.45, 7) is 0.987. The van der Waals surface area contributed by atoms with E-state index in [2.05, 4.69) is 10.5 Å². The molecule has 1 unspecified atom stereocenters. The Morgan fingerprint density at radius 2 is 2.08 bits per heavy atom. The van der Waals surface area contributed by atoms with Crippen LogP contribution in [-0.4, -0.2) is 47.2 Å². The Hall–Kier alpha value is -2.28. The fourth-order valence-electron chi connectivity index (χ4n) is 3.56. The topological polar surface area (TPSA) is 82.0 Å². The van der Waals surface area contributed by atoms with E-state index in [0.29, 0.717) is 31.6 Å². The normalized spacial score (nSPS) is 23.8. The number of hydrazone groups is 1. The van der Waals surface area contributed by atoms with Crippen molar-refractivity contribution in [3.8, 4) is 0 Å². The van der Waals surface area contributed by atoms with Gasteiger partial charge >= 0.3 is 0 Å². The predicted octanol–water partition coefficient (Wildman–Crippen LogP) is 1.24. The van der Waals surface area contributed by atoms with Gasteiger partial charge in [0.1, 0.15) is 11.5 Å². The monoisotopic (exact) mass is 347 g/mol. The van der Waals surface area contributed by atoms with E-state index < -0.39 is 5.41 Å². The summed E-state index contributed by atoms with van der Waals surface area (Å²) < 4.78 is 13.1. The highest BCUT2D eigenvalue weighted by Gasteiger charge is 2.38. The van der Waals surface area contributed by atoms with E-state index in [1.807, 2.05) is 0 Å². The van der Waals surface area contributed by atoms with Crippen molar-refractivity contribution >= 4 is 17.5 Å². The summed E-state index contributed by atoms with van der Waals surface area (Å²) in [5, 5.41) is 13.9. The zero-order chi connectivity index (χ0) is 17.9. The van der Waals surface area contributed by atoms with Crippen molar-refractivity contribution < 1.29 is 19.1 Å². The zero-order valence-electron chi connectivity index (χ0n) is 14.0. The second-order valence-corrected chi connectivity index (χ2v) is 6.89. The van der Waals surface area contributed by atoms with Crippen LogP contribution in [0, 0.1) is 11.2 Å². The molecule has 134 valence electrons. The summed E-state index contributed by atoms with van der Waals surface area (Å²) >= 11 is 0. The van der Waals surface area contributed by atoms with E-state index in [4.69, 9.17) is 0 Å². The number of halogens is 1. The minimum Gasteiger partial charge on any atom is -0.396 e. The maximum atomic E-state index is 13.1. The van der Waals surface area contributed by atoms with Crippen LogP contribution in [0.4, 0.5) is 4.39 Å². The molecule has 0 bridgehead atoms. The molecule has 0 aliphatic carbocycles. The van der Waals surface area contributed by atoms with Crippen molar-refractivity contribution in [1.29, 1.82) is 0 Å². The second-order valence-electron chi connectivity index (χ2n) is 6.89. The summed E-state index contributed by atoms with van der Waals surface area (Å²) in [6.07, 6.45) is 2.77. The Kier molecular flexibility index (Phi) is 5.13. The minimum absolute atomic E-state index is 0.0443. The molecular formula is C18H22FN3O3. The SMILES string of the molecule is O=C1CCC(C(=O)N2CCCC(CO)(Cc3ccc(F)cc3)C2)=NN1. The molecule has 0 aromatic heterocycles. The number of rotatable bonds is 4. The number of carbonyl (C=O) groups excluding carboxylic acids is 2.